The van der Waals surface area contributed by atoms with Crippen LogP contribution in [0, 0.1) is 0 Å². The topological polar surface area (TPSA) is 74.8 Å². The van der Waals surface area contributed by atoms with Crippen molar-refractivity contribution in [2.75, 3.05) is 26.3 Å². The number of benzene rings is 2. The molecule has 0 unspecified atom stereocenters. The third-order valence-corrected chi connectivity index (χ3v) is 6.88. The first-order valence-electron chi connectivity index (χ1n) is 8.53. The number of aliphatic imine (C=N–C) groups is 1. The Labute approximate surface area is 166 Å². The second kappa shape index (κ2) is 7.55. The summed E-state index contributed by atoms with van der Waals surface area (Å²) in [5.74, 6) is 0. The second-order valence-electron chi connectivity index (χ2n) is 6.20. The van der Waals surface area contributed by atoms with E-state index in [0.717, 1.165) is 20.9 Å². The summed E-state index contributed by atoms with van der Waals surface area (Å²) >= 11 is 3.48. The maximum Gasteiger partial charge on any atom is 0.243 e. The Balaban J connectivity index is 1.55. The van der Waals surface area contributed by atoms with Crippen LogP contribution in [0.1, 0.15) is 5.56 Å². The highest BCUT2D eigenvalue weighted by Gasteiger charge is 2.25. The van der Waals surface area contributed by atoms with Crippen LogP contribution in [-0.4, -0.2) is 50.2 Å². The lowest BCUT2D eigenvalue weighted by molar-refractivity contribution is 0.0730. The van der Waals surface area contributed by atoms with Gasteiger partial charge in [-0.2, -0.15) is 4.31 Å². The summed E-state index contributed by atoms with van der Waals surface area (Å²) in [6, 6.07) is 12.6. The van der Waals surface area contributed by atoms with Gasteiger partial charge in [-0.1, -0.05) is 15.9 Å². The van der Waals surface area contributed by atoms with E-state index in [1.807, 2.05) is 24.4 Å². The standard InChI is InChI=1S/C19H18BrN3O3S/c20-15-1-6-19-18(11-15)14(13-22-19)12-21-16-2-4-17(5-3-16)27(24,25)23-7-9-26-10-8-23/h1-6,11-13,22H,7-10H2. The van der Waals surface area contributed by atoms with Crippen LogP contribution >= 0.6 is 15.9 Å². The van der Waals surface area contributed by atoms with Crippen LogP contribution in [0.25, 0.3) is 10.9 Å². The van der Waals surface area contributed by atoms with E-state index in [9.17, 15) is 8.42 Å². The lowest BCUT2D eigenvalue weighted by Gasteiger charge is -2.26. The van der Waals surface area contributed by atoms with E-state index >= 15 is 0 Å². The zero-order chi connectivity index (χ0) is 18.9. The molecule has 1 saturated heterocycles. The van der Waals surface area contributed by atoms with Gasteiger partial charge in [-0.25, -0.2) is 8.42 Å². The minimum absolute atomic E-state index is 0.277. The van der Waals surface area contributed by atoms with Gasteiger partial charge in [-0.3, -0.25) is 4.99 Å². The summed E-state index contributed by atoms with van der Waals surface area (Å²) in [6.07, 6.45) is 3.68. The number of hydrogen-bond acceptors (Lipinski definition) is 4. The van der Waals surface area contributed by atoms with E-state index < -0.39 is 10.0 Å². The molecule has 140 valence electrons. The van der Waals surface area contributed by atoms with Crippen molar-refractivity contribution < 1.29 is 13.2 Å². The molecule has 4 rings (SSSR count). The molecule has 0 radical (unpaired) electrons. The normalized spacial score (nSPS) is 16.3. The molecule has 27 heavy (non-hydrogen) atoms. The van der Waals surface area contributed by atoms with Crippen LogP contribution in [0.4, 0.5) is 5.69 Å². The van der Waals surface area contributed by atoms with Crippen molar-refractivity contribution >= 4 is 48.8 Å². The predicted octanol–water partition coefficient (Wildman–Crippen LogP) is 3.70. The number of sulfonamides is 1. The summed E-state index contributed by atoms with van der Waals surface area (Å²) < 4.78 is 33.0. The fourth-order valence-electron chi connectivity index (χ4n) is 3.01. The maximum atomic E-state index is 12.6. The van der Waals surface area contributed by atoms with Crippen molar-refractivity contribution in [2.24, 2.45) is 4.99 Å². The van der Waals surface area contributed by atoms with Gasteiger partial charge in [-0.05, 0) is 42.5 Å². The van der Waals surface area contributed by atoms with Gasteiger partial charge in [0.2, 0.25) is 10.0 Å². The number of rotatable bonds is 4. The SMILES string of the molecule is O=S(=O)(c1ccc(N=Cc2c[nH]c3ccc(Br)cc23)cc1)N1CCOCC1. The summed E-state index contributed by atoms with van der Waals surface area (Å²) in [5.41, 5.74) is 2.70. The molecule has 1 fully saturated rings. The van der Waals surface area contributed by atoms with Crippen LogP contribution in [0.5, 0.6) is 0 Å². The largest absolute Gasteiger partial charge is 0.379 e. The minimum atomic E-state index is -3.48. The van der Waals surface area contributed by atoms with E-state index in [4.69, 9.17) is 4.74 Å². The number of hydrogen-bond donors (Lipinski definition) is 1. The van der Waals surface area contributed by atoms with E-state index in [1.54, 1.807) is 30.5 Å². The molecule has 2 heterocycles. The Morgan fingerprint density at radius 2 is 1.85 bits per heavy atom. The number of nitrogens with zero attached hydrogens (tertiary/aromatic N) is 2. The molecule has 0 spiro atoms. The minimum Gasteiger partial charge on any atom is -0.379 e. The molecule has 6 nitrogen and oxygen atoms in total. The third-order valence-electron chi connectivity index (χ3n) is 4.47. The first kappa shape index (κ1) is 18.4. The number of morpholine rings is 1. The van der Waals surface area contributed by atoms with Crippen molar-refractivity contribution in [2.45, 2.75) is 4.90 Å². The van der Waals surface area contributed by atoms with E-state index in [0.29, 0.717) is 32.0 Å². The Kier molecular flexibility index (Phi) is 5.14. The summed E-state index contributed by atoms with van der Waals surface area (Å²) in [4.78, 5) is 7.96. The summed E-state index contributed by atoms with van der Waals surface area (Å²) in [5, 5.41) is 1.07. The van der Waals surface area contributed by atoms with Gasteiger partial charge in [0.05, 0.1) is 23.8 Å². The Bertz CT molecular complexity index is 1090. The lowest BCUT2D eigenvalue weighted by Crippen LogP contribution is -2.40. The second-order valence-corrected chi connectivity index (χ2v) is 9.06. The molecule has 0 saturated carbocycles. The fourth-order valence-corrected chi connectivity index (χ4v) is 4.77. The van der Waals surface area contributed by atoms with Crippen molar-refractivity contribution in [3.8, 4) is 0 Å². The number of nitrogens with one attached hydrogen (secondary N) is 1. The Hall–Kier alpha value is -2.00. The summed E-state index contributed by atoms with van der Waals surface area (Å²) in [7, 11) is -3.48. The van der Waals surface area contributed by atoms with Crippen LogP contribution in [0.15, 0.2) is 63.0 Å². The Morgan fingerprint density at radius 3 is 2.59 bits per heavy atom. The highest BCUT2D eigenvalue weighted by atomic mass is 79.9. The number of ether oxygens (including phenoxy) is 1. The van der Waals surface area contributed by atoms with Gasteiger partial charge in [0.1, 0.15) is 0 Å². The molecule has 0 aliphatic carbocycles. The van der Waals surface area contributed by atoms with Gasteiger partial charge in [0, 0.05) is 46.4 Å². The van der Waals surface area contributed by atoms with Crippen LogP contribution < -0.4 is 0 Å². The number of fused-ring (bicyclic) bond motifs is 1. The average molecular weight is 448 g/mol. The van der Waals surface area contributed by atoms with Gasteiger partial charge < -0.3 is 9.72 Å². The first-order chi connectivity index (χ1) is 13.0. The highest BCUT2D eigenvalue weighted by molar-refractivity contribution is 9.10. The van der Waals surface area contributed by atoms with Crippen molar-refractivity contribution in [1.82, 2.24) is 9.29 Å². The number of halogens is 1. The van der Waals surface area contributed by atoms with Gasteiger partial charge in [0.15, 0.2) is 0 Å². The average Bonchev–Trinajstić information content (AvgIpc) is 3.09. The molecule has 8 heteroatoms. The molecule has 1 aliphatic heterocycles. The molecule has 3 aromatic rings. The van der Waals surface area contributed by atoms with Crippen LogP contribution in [0.2, 0.25) is 0 Å². The smallest absolute Gasteiger partial charge is 0.243 e. The van der Waals surface area contributed by atoms with E-state index in [2.05, 4.69) is 25.9 Å². The monoisotopic (exact) mass is 447 g/mol. The number of aromatic nitrogens is 1. The van der Waals surface area contributed by atoms with Crippen LogP contribution in [0.3, 0.4) is 0 Å². The zero-order valence-corrected chi connectivity index (χ0v) is 16.8. The lowest BCUT2D eigenvalue weighted by atomic mass is 10.2. The third kappa shape index (κ3) is 3.84. The molecule has 1 aliphatic rings. The van der Waals surface area contributed by atoms with Crippen LogP contribution in [-0.2, 0) is 14.8 Å². The molecule has 2 aromatic carbocycles. The van der Waals surface area contributed by atoms with Gasteiger partial charge in [-0.15, -0.1) is 0 Å². The predicted molar refractivity (Wildman–Crippen MR) is 109 cm³/mol. The van der Waals surface area contributed by atoms with E-state index in [-0.39, 0.29) is 4.90 Å². The number of H-pyrrole nitrogens is 1. The molecule has 0 atom stereocenters. The van der Waals surface area contributed by atoms with Gasteiger partial charge >= 0.3 is 0 Å². The van der Waals surface area contributed by atoms with E-state index in [1.165, 1.54) is 4.31 Å². The molecular weight excluding hydrogens is 430 g/mol. The molecular formula is C19H18BrN3O3S. The highest BCUT2D eigenvalue weighted by Crippen LogP contribution is 2.23. The van der Waals surface area contributed by atoms with Crippen molar-refractivity contribution in [3.05, 3.63) is 58.7 Å². The van der Waals surface area contributed by atoms with Crippen molar-refractivity contribution in [3.63, 3.8) is 0 Å². The maximum absolute atomic E-state index is 12.6. The van der Waals surface area contributed by atoms with Crippen molar-refractivity contribution in [1.29, 1.82) is 0 Å². The fraction of sp³-hybridized carbons (Fsp3) is 0.211. The Morgan fingerprint density at radius 1 is 1.11 bits per heavy atom. The zero-order valence-electron chi connectivity index (χ0n) is 14.4. The first-order valence-corrected chi connectivity index (χ1v) is 10.8. The molecule has 0 amide bonds. The molecule has 0 bridgehead atoms. The molecule has 1 aromatic heterocycles. The van der Waals surface area contributed by atoms with Gasteiger partial charge in [0.25, 0.3) is 0 Å². The molecule has 1 N–H and O–H groups in total. The number of aromatic amines is 1. The quantitative estimate of drug-likeness (QED) is 0.619. The summed E-state index contributed by atoms with van der Waals surface area (Å²) in [6.45, 7) is 1.64.